The van der Waals surface area contributed by atoms with Gasteiger partial charge >= 0.3 is 0 Å². The van der Waals surface area contributed by atoms with E-state index in [1.807, 2.05) is 13.8 Å². The maximum absolute atomic E-state index is 5.99. The molecule has 1 aliphatic carbocycles. The van der Waals surface area contributed by atoms with Crippen molar-refractivity contribution < 1.29 is 4.52 Å². The number of hydrogen-bond acceptors (Lipinski definition) is 6. The molecule has 0 atom stereocenters. The first-order chi connectivity index (χ1) is 9.52. The third-order valence-corrected chi connectivity index (χ3v) is 4.14. The average Bonchev–Trinajstić information content (AvgIpc) is 2.88. The molecule has 0 aliphatic heterocycles. The number of nitrogens with two attached hydrogens (primary N) is 1. The maximum atomic E-state index is 5.99. The Balaban J connectivity index is 1.69. The Morgan fingerprint density at radius 3 is 2.80 bits per heavy atom. The van der Waals surface area contributed by atoms with Crippen molar-refractivity contribution in [3.05, 3.63) is 34.1 Å². The van der Waals surface area contributed by atoms with E-state index in [2.05, 4.69) is 31.9 Å². The van der Waals surface area contributed by atoms with Gasteiger partial charge in [-0.2, -0.15) is 16.3 Å². The van der Waals surface area contributed by atoms with Crippen molar-refractivity contribution in [3.63, 3.8) is 0 Å². The van der Waals surface area contributed by atoms with Crippen LogP contribution in [-0.4, -0.2) is 21.1 Å². The van der Waals surface area contributed by atoms with Crippen molar-refractivity contribution in [2.24, 2.45) is 5.73 Å². The van der Waals surface area contributed by atoms with Gasteiger partial charge in [0, 0.05) is 12.6 Å². The molecule has 1 fully saturated rings. The van der Waals surface area contributed by atoms with Crippen LogP contribution in [0.1, 0.15) is 44.0 Å². The Hall–Kier alpha value is -1.24. The number of rotatable bonds is 6. The van der Waals surface area contributed by atoms with E-state index >= 15 is 0 Å². The minimum atomic E-state index is -0.556. The highest BCUT2D eigenvalue weighted by Crippen LogP contribution is 2.30. The first kappa shape index (κ1) is 13.7. The van der Waals surface area contributed by atoms with Crippen molar-refractivity contribution in [3.8, 4) is 0 Å². The van der Waals surface area contributed by atoms with Crippen LogP contribution in [0.3, 0.4) is 0 Å². The van der Waals surface area contributed by atoms with Gasteiger partial charge in [0.05, 0.1) is 12.1 Å². The minimum Gasteiger partial charge on any atom is -0.338 e. The molecule has 6 heteroatoms. The van der Waals surface area contributed by atoms with Crippen molar-refractivity contribution in [1.82, 2.24) is 15.0 Å². The summed E-state index contributed by atoms with van der Waals surface area (Å²) in [5.41, 5.74) is 6.78. The summed E-state index contributed by atoms with van der Waals surface area (Å²) in [5, 5.41) is 8.29. The number of nitrogens with zero attached hydrogens (tertiary/aromatic N) is 3. The molecular weight excluding hydrogens is 272 g/mol. The predicted octanol–water partition coefficient (Wildman–Crippen LogP) is 2.49. The van der Waals surface area contributed by atoms with Crippen molar-refractivity contribution >= 4 is 11.3 Å². The van der Waals surface area contributed by atoms with Crippen LogP contribution in [0.25, 0.3) is 0 Å². The van der Waals surface area contributed by atoms with Gasteiger partial charge < -0.3 is 10.3 Å². The lowest BCUT2D eigenvalue weighted by molar-refractivity contribution is 0.209. The SMILES string of the molecule is CC(C)(N)c1noc(CN(Cc2ccsc2)C2CC2)n1. The van der Waals surface area contributed by atoms with E-state index in [1.54, 1.807) is 11.3 Å². The molecular formula is C14H20N4OS. The first-order valence-electron chi connectivity index (χ1n) is 6.89. The molecule has 1 aliphatic rings. The Morgan fingerprint density at radius 2 is 2.25 bits per heavy atom. The minimum absolute atomic E-state index is 0.556. The van der Waals surface area contributed by atoms with Crippen LogP contribution in [-0.2, 0) is 18.6 Å². The molecule has 2 N–H and O–H groups in total. The summed E-state index contributed by atoms with van der Waals surface area (Å²) in [6.07, 6.45) is 2.51. The van der Waals surface area contributed by atoms with Crippen LogP contribution in [0, 0.1) is 0 Å². The summed E-state index contributed by atoms with van der Waals surface area (Å²) in [4.78, 5) is 6.82. The molecule has 5 nitrogen and oxygen atoms in total. The topological polar surface area (TPSA) is 68.2 Å². The quantitative estimate of drug-likeness (QED) is 0.886. The van der Waals surface area contributed by atoms with Gasteiger partial charge in [0.25, 0.3) is 0 Å². The van der Waals surface area contributed by atoms with E-state index in [-0.39, 0.29) is 0 Å². The normalized spacial score (nSPS) is 16.0. The monoisotopic (exact) mass is 292 g/mol. The van der Waals surface area contributed by atoms with Crippen LogP contribution >= 0.6 is 11.3 Å². The highest BCUT2D eigenvalue weighted by molar-refractivity contribution is 7.07. The zero-order valence-electron chi connectivity index (χ0n) is 11.9. The van der Waals surface area contributed by atoms with Gasteiger partial charge in [-0.05, 0) is 49.1 Å². The van der Waals surface area contributed by atoms with Crippen molar-refractivity contribution in [2.75, 3.05) is 0 Å². The second kappa shape index (κ2) is 5.27. The van der Waals surface area contributed by atoms with Crippen LogP contribution < -0.4 is 5.73 Å². The molecule has 0 aromatic carbocycles. The Kier molecular flexibility index (Phi) is 3.62. The fourth-order valence-electron chi connectivity index (χ4n) is 2.13. The van der Waals surface area contributed by atoms with Gasteiger partial charge in [0.1, 0.15) is 0 Å². The summed E-state index contributed by atoms with van der Waals surface area (Å²) >= 11 is 1.73. The molecule has 0 spiro atoms. The van der Waals surface area contributed by atoms with Crippen molar-refractivity contribution in [1.29, 1.82) is 0 Å². The lowest BCUT2D eigenvalue weighted by Gasteiger charge is -2.19. The molecule has 2 aromatic heterocycles. The largest absolute Gasteiger partial charge is 0.338 e. The molecule has 2 heterocycles. The van der Waals surface area contributed by atoms with E-state index in [4.69, 9.17) is 10.3 Å². The Bertz CT molecular complexity index is 554. The van der Waals surface area contributed by atoms with E-state index in [0.717, 1.165) is 6.54 Å². The fourth-order valence-corrected chi connectivity index (χ4v) is 2.79. The lowest BCUT2D eigenvalue weighted by atomic mass is 10.1. The third kappa shape index (κ3) is 3.26. The van der Waals surface area contributed by atoms with Crippen LogP contribution in [0.15, 0.2) is 21.3 Å². The van der Waals surface area contributed by atoms with E-state index in [1.165, 1.54) is 18.4 Å². The van der Waals surface area contributed by atoms with Gasteiger partial charge in [-0.25, -0.2) is 0 Å². The Labute approximate surface area is 122 Å². The van der Waals surface area contributed by atoms with Gasteiger partial charge in [0.15, 0.2) is 5.82 Å². The summed E-state index contributed by atoms with van der Waals surface area (Å²) in [7, 11) is 0. The molecule has 3 rings (SSSR count). The van der Waals surface area contributed by atoms with Gasteiger partial charge in [-0.15, -0.1) is 0 Å². The molecule has 1 saturated carbocycles. The van der Waals surface area contributed by atoms with Gasteiger partial charge in [0.2, 0.25) is 5.89 Å². The zero-order valence-corrected chi connectivity index (χ0v) is 12.7. The molecule has 20 heavy (non-hydrogen) atoms. The van der Waals surface area contributed by atoms with Crippen LogP contribution in [0.5, 0.6) is 0 Å². The third-order valence-electron chi connectivity index (χ3n) is 3.41. The summed E-state index contributed by atoms with van der Waals surface area (Å²) in [6, 6.07) is 2.82. The summed E-state index contributed by atoms with van der Waals surface area (Å²) < 4.78 is 5.34. The molecule has 0 radical (unpaired) electrons. The average molecular weight is 292 g/mol. The fraction of sp³-hybridized carbons (Fsp3) is 0.571. The number of aromatic nitrogens is 2. The first-order valence-corrected chi connectivity index (χ1v) is 7.84. The molecule has 0 bridgehead atoms. The van der Waals surface area contributed by atoms with Crippen molar-refractivity contribution in [2.45, 2.75) is 51.4 Å². The van der Waals surface area contributed by atoms with E-state index < -0.39 is 5.54 Å². The second-order valence-corrected chi connectivity index (χ2v) is 6.78. The standard InChI is InChI=1S/C14H20N4OS/c1-14(2,15)13-16-12(19-17-13)8-18(11-3-4-11)7-10-5-6-20-9-10/h5-6,9,11H,3-4,7-8,15H2,1-2H3. The Morgan fingerprint density at radius 1 is 1.45 bits per heavy atom. The summed E-state index contributed by atoms with van der Waals surface area (Å²) in [5.74, 6) is 1.22. The molecule has 0 amide bonds. The van der Waals surface area contributed by atoms with Gasteiger partial charge in [-0.3, -0.25) is 4.90 Å². The number of hydrogen-bond donors (Lipinski definition) is 1. The predicted molar refractivity (Wildman–Crippen MR) is 78.1 cm³/mol. The smallest absolute Gasteiger partial charge is 0.240 e. The second-order valence-electron chi connectivity index (χ2n) is 6.00. The van der Waals surface area contributed by atoms with Crippen LogP contribution in [0.4, 0.5) is 0 Å². The maximum Gasteiger partial charge on any atom is 0.240 e. The highest BCUT2D eigenvalue weighted by Gasteiger charge is 2.31. The number of thiophene rings is 1. The summed E-state index contributed by atoms with van der Waals surface area (Å²) in [6.45, 7) is 5.40. The van der Waals surface area contributed by atoms with E-state index in [0.29, 0.717) is 24.3 Å². The molecule has 2 aromatic rings. The van der Waals surface area contributed by atoms with E-state index in [9.17, 15) is 0 Å². The zero-order chi connectivity index (χ0) is 14.2. The lowest BCUT2D eigenvalue weighted by Crippen LogP contribution is -2.30. The van der Waals surface area contributed by atoms with Gasteiger partial charge in [-0.1, -0.05) is 5.16 Å². The molecule has 0 unspecified atom stereocenters. The highest BCUT2D eigenvalue weighted by atomic mass is 32.1. The molecule has 0 saturated heterocycles. The van der Waals surface area contributed by atoms with Crippen LogP contribution in [0.2, 0.25) is 0 Å². The molecule has 108 valence electrons.